The Bertz CT molecular complexity index is 666. The molecule has 6 heteroatoms. The van der Waals surface area contributed by atoms with E-state index in [1.807, 2.05) is 6.07 Å². The number of hydrogen-bond donors (Lipinski definition) is 1. The van der Waals surface area contributed by atoms with Crippen molar-refractivity contribution < 1.29 is 8.42 Å². The summed E-state index contributed by atoms with van der Waals surface area (Å²) >= 11 is 0. The SMILES string of the molecule is N#Cc1cccc(S(=O)(=O)NC2CCN3CCCC3C2)c1. The largest absolute Gasteiger partial charge is 0.300 e. The second-order valence-corrected chi connectivity index (χ2v) is 7.53. The van der Waals surface area contributed by atoms with E-state index in [-0.39, 0.29) is 10.9 Å². The van der Waals surface area contributed by atoms with E-state index in [4.69, 9.17) is 5.26 Å². The molecule has 2 unspecified atom stereocenters. The van der Waals surface area contributed by atoms with Crippen LogP contribution in [0.2, 0.25) is 0 Å². The van der Waals surface area contributed by atoms with Crippen LogP contribution < -0.4 is 4.72 Å². The minimum atomic E-state index is -3.54. The number of piperidine rings is 1. The first-order valence-corrected chi connectivity index (χ1v) is 8.83. The van der Waals surface area contributed by atoms with Gasteiger partial charge in [-0.3, -0.25) is 0 Å². The molecule has 0 bridgehead atoms. The second kappa shape index (κ2) is 5.76. The Kier molecular flexibility index (Phi) is 3.98. The molecule has 2 aliphatic rings. The molecule has 2 aliphatic heterocycles. The number of nitriles is 1. The molecule has 2 saturated heterocycles. The summed E-state index contributed by atoms with van der Waals surface area (Å²) in [7, 11) is -3.54. The zero-order chi connectivity index (χ0) is 14.9. The molecule has 2 fully saturated rings. The van der Waals surface area contributed by atoms with Crippen LogP contribution in [0.4, 0.5) is 0 Å². The van der Waals surface area contributed by atoms with Crippen LogP contribution in [0.3, 0.4) is 0 Å². The minimum absolute atomic E-state index is 0.0000850. The molecule has 0 aliphatic carbocycles. The van der Waals surface area contributed by atoms with Crippen molar-refractivity contribution in [3.63, 3.8) is 0 Å². The first-order valence-electron chi connectivity index (χ1n) is 7.35. The number of nitrogens with zero attached hydrogens (tertiary/aromatic N) is 2. The summed E-state index contributed by atoms with van der Waals surface area (Å²) in [6.07, 6.45) is 4.13. The summed E-state index contributed by atoms with van der Waals surface area (Å²) in [5.41, 5.74) is 0.364. The van der Waals surface area contributed by atoms with E-state index < -0.39 is 10.0 Å². The second-order valence-electron chi connectivity index (χ2n) is 5.81. The zero-order valence-corrected chi connectivity index (χ0v) is 12.6. The van der Waals surface area contributed by atoms with Gasteiger partial charge in [0.25, 0.3) is 0 Å². The smallest absolute Gasteiger partial charge is 0.240 e. The molecule has 5 nitrogen and oxygen atoms in total. The lowest BCUT2D eigenvalue weighted by atomic mass is 9.99. The number of rotatable bonds is 3. The maximum absolute atomic E-state index is 12.4. The van der Waals surface area contributed by atoms with Gasteiger partial charge >= 0.3 is 0 Å². The third-order valence-electron chi connectivity index (χ3n) is 4.42. The topological polar surface area (TPSA) is 73.2 Å². The molecule has 3 rings (SSSR count). The Morgan fingerprint density at radius 3 is 2.95 bits per heavy atom. The minimum Gasteiger partial charge on any atom is -0.300 e. The van der Waals surface area contributed by atoms with E-state index in [0.717, 1.165) is 25.9 Å². The van der Waals surface area contributed by atoms with E-state index in [1.165, 1.54) is 25.0 Å². The highest BCUT2D eigenvalue weighted by atomic mass is 32.2. The van der Waals surface area contributed by atoms with Gasteiger partial charge in [-0.25, -0.2) is 13.1 Å². The lowest BCUT2D eigenvalue weighted by Crippen LogP contribution is -2.47. The van der Waals surface area contributed by atoms with Gasteiger partial charge in [0, 0.05) is 12.1 Å². The predicted molar refractivity (Wildman–Crippen MR) is 79.1 cm³/mol. The van der Waals surface area contributed by atoms with Crippen LogP contribution in [0.25, 0.3) is 0 Å². The Morgan fingerprint density at radius 2 is 2.14 bits per heavy atom. The summed E-state index contributed by atoms with van der Waals surface area (Å²) in [6, 6.07) is 8.67. The lowest BCUT2D eigenvalue weighted by molar-refractivity contribution is 0.176. The van der Waals surface area contributed by atoms with Crippen molar-refractivity contribution in [3.8, 4) is 6.07 Å². The van der Waals surface area contributed by atoms with Crippen LogP contribution in [0.1, 0.15) is 31.2 Å². The van der Waals surface area contributed by atoms with Gasteiger partial charge in [-0.05, 0) is 57.0 Å². The quantitative estimate of drug-likeness (QED) is 0.917. The van der Waals surface area contributed by atoms with Crippen LogP contribution in [0, 0.1) is 11.3 Å². The highest BCUT2D eigenvalue weighted by Gasteiger charge is 2.33. The van der Waals surface area contributed by atoms with Crippen molar-refractivity contribution in [1.82, 2.24) is 9.62 Å². The first-order chi connectivity index (χ1) is 10.1. The fourth-order valence-corrected chi connectivity index (χ4v) is 4.68. The molecule has 0 spiro atoms. The van der Waals surface area contributed by atoms with Crippen LogP contribution in [0.5, 0.6) is 0 Å². The van der Waals surface area contributed by atoms with E-state index >= 15 is 0 Å². The molecule has 21 heavy (non-hydrogen) atoms. The van der Waals surface area contributed by atoms with Crippen molar-refractivity contribution >= 4 is 10.0 Å². The number of hydrogen-bond acceptors (Lipinski definition) is 4. The summed E-state index contributed by atoms with van der Waals surface area (Å²) in [6.45, 7) is 2.12. The number of benzene rings is 1. The lowest BCUT2D eigenvalue weighted by Gasteiger charge is -2.34. The van der Waals surface area contributed by atoms with Crippen molar-refractivity contribution in [2.45, 2.75) is 42.7 Å². The van der Waals surface area contributed by atoms with E-state index in [2.05, 4.69) is 9.62 Å². The first kappa shape index (κ1) is 14.5. The van der Waals surface area contributed by atoms with E-state index in [9.17, 15) is 8.42 Å². The molecule has 2 heterocycles. The van der Waals surface area contributed by atoms with Crippen molar-refractivity contribution in [2.24, 2.45) is 0 Å². The van der Waals surface area contributed by atoms with Crippen LogP contribution in [0.15, 0.2) is 29.2 Å². The average Bonchev–Trinajstić information content (AvgIpc) is 2.94. The average molecular weight is 305 g/mol. The molecular weight excluding hydrogens is 286 g/mol. The maximum atomic E-state index is 12.4. The molecule has 0 aromatic heterocycles. The number of nitrogens with one attached hydrogen (secondary N) is 1. The number of sulfonamides is 1. The van der Waals surface area contributed by atoms with Gasteiger partial charge in [-0.2, -0.15) is 5.26 Å². The van der Waals surface area contributed by atoms with Crippen molar-refractivity contribution in [1.29, 1.82) is 5.26 Å². The standard InChI is InChI=1S/C15H19N3O2S/c16-11-12-3-1-5-15(9-12)21(19,20)17-13-6-8-18-7-2-4-14(18)10-13/h1,3,5,9,13-14,17H,2,4,6-8,10H2. The van der Waals surface area contributed by atoms with Gasteiger partial charge in [-0.15, -0.1) is 0 Å². The van der Waals surface area contributed by atoms with Gasteiger partial charge < -0.3 is 4.90 Å². The van der Waals surface area contributed by atoms with E-state index in [0.29, 0.717) is 11.6 Å². The Balaban J connectivity index is 1.72. The summed E-state index contributed by atoms with van der Waals surface area (Å²) in [4.78, 5) is 2.64. The third-order valence-corrected chi connectivity index (χ3v) is 5.93. The highest BCUT2D eigenvalue weighted by molar-refractivity contribution is 7.89. The molecule has 0 amide bonds. The summed E-state index contributed by atoms with van der Waals surface area (Å²) in [5, 5.41) is 8.88. The van der Waals surface area contributed by atoms with Crippen LogP contribution in [-0.2, 0) is 10.0 Å². The molecule has 0 radical (unpaired) electrons. The fourth-order valence-electron chi connectivity index (χ4n) is 3.35. The van der Waals surface area contributed by atoms with Crippen molar-refractivity contribution in [3.05, 3.63) is 29.8 Å². The summed E-state index contributed by atoms with van der Waals surface area (Å²) < 4.78 is 27.7. The van der Waals surface area contributed by atoms with Gasteiger partial charge in [0.05, 0.1) is 16.5 Å². The highest BCUT2D eigenvalue weighted by Crippen LogP contribution is 2.27. The third kappa shape index (κ3) is 3.10. The molecule has 2 atom stereocenters. The summed E-state index contributed by atoms with van der Waals surface area (Å²) in [5.74, 6) is 0. The number of fused-ring (bicyclic) bond motifs is 1. The van der Waals surface area contributed by atoms with Crippen LogP contribution in [-0.4, -0.2) is 38.5 Å². The van der Waals surface area contributed by atoms with Gasteiger partial charge in [0.15, 0.2) is 0 Å². The normalized spacial score (nSPS) is 26.2. The Morgan fingerprint density at radius 1 is 1.29 bits per heavy atom. The van der Waals surface area contributed by atoms with Gasteiger partial charge in [-0.1, -0.05) is 6.07 Å². The Labute approximate surface area is 125 Å². The van der Waals surface area contributed by atoms with Gasteiger partial charge in [0.2, 0.25) is 10.0 Å². The van der Waals surface area contributed by atoms with Gasteiger partial charge in [0.1, 0.15) is 0 Å². The molecule has 1 N–H and O–H groups in total. The molecular formula is C15H19N3O2S. The monoisotopic (exact) mass is 305 g/mol. The molecule has 112 valence electrons. The van der Waals surface area contributed by atoms with Crippen molar-refractivity contribution in [2.75, 3.05) is 13.1 Å². The van der Waals surface area contributed by atoms with E-state index in [1.54, 1.807) is 12.1 Å². The zero-order valence-electron chi connectivity index (χ0n) is 11.8. The van der Waals surface area contributed by atoms with Crippen LogP contribution >= 0.6 is 0 Å². The molecule has 1 aromatic rings. The predicted octanol–water partition coefficient (Wildman–Crippen LogP) is 1.46. The molecule has 1 aromatic carbocycles. The maximum Gasteiger partial charge on any atom is 0.240 e. The fraction of sp³-hybridized carbons (Fsp3) is 0.533. The molecule has 0 saturated carbocycles. The Hall–Kier alpha value is -1.42.